The average molecular weight is 287 g/mol. The minimum Gasteiger partial charge on any atom is -0.478 e. The van der Waals surface area contributed by atoms with Gasteiger partial charge < -0.3 is 14.7 Å². The van der Waals surface area contributed by atoms with Gasteiger partial charge in [-0.1, -0.05) is 0 Å². The van der Waals surface area contributed by atoms with E-state index >= 15 is 0 Å². The Labute approximate surface area is 122 Å². The number of carboxylic acid groups (broad SMARTS) is 1. The van der Waals surface area contributed by atoms with Crippen LogP contribution in [0.3, 0.4) is 0 Å². The van der Waals surface area contributed by atoms with Crippen molar-refractivity contribution in [2.45, 2.75) is 25.0 Å². The number of fused-ring (bicyclic) bond motifs is 5. The van der Waals surface area contributed by atoms with Crippen molar-refractivity contribution in [3.05, 3.63) is 35.4 Å². The highest BCUT2D eigenvalue weighted by atomic mass is 16.5. The summed E-state index contributed by atoms with van der Waals surface area (Å²) >= 11 is 0. The van der Waals surface area contributed by atoms with E-state index in [9.17, 15) is 9.59 Å². The molecule has 1 aromatic carbocycles. The van der Waals surface area contributed by atoms with Gasteiger partial charge in [-0.15, -0.1) is 0 Å². The Morgan fingerprint density at radius 3 is 2.05 bits per heavy atom. The number of rotatable bonds is 2. The second kappa shape index (κ2) is 4.56. The number of ether oxygens (including phenoxy) is 1. The number of amides is 1. The lowest BCUT2D eigenvalue weighted by molar-refractivity contribution is 0.0592. The molecule has 4 atom stereocenters. The Kier molecular flexibility index (Phi) is 2.79. The molecule has 3 fully saturated rings. The fraction of sp³-hybridized carbons (Fsp3) is 0.500. The Morgan fingerprint density at radius 1 is 1.00 bits per heavy atom. The highest BCUT2D eigenvalue weighted by Crippen LogP contribution is 2.47. The van der Waals surface area contributed by atoms with Crippen LogP contribution in [0, 0.1) is 11.8 Å². The lowest BCUT2D eigenvalue weighted by Gasteiger charge is -2.19. The fourth-order valence-corrected chi connectivity index (χ4v) is 4.06. The summed E-state index contributed by atoms with van der Waals surface area (Å²) in [6, 6.07) is 6.18. The molecular formula is C16H17NO4. The predicted molar refractivity (Wildman–Crippen MR) is 74.2 cm³/mol. The van der Waals surface area contributed by atoms with Crippen LogP contribution in [0.2, 0.25) is 0 Å². The third-order valence-corrected chi connectivity index (χ3v) is 5.12. The lowest BCUT2D eigenvalue weighted by Crippen LogP contribution is -2.31. The maximum absolute atomic E-state index is 12.5. The van der Waals surface area contributed by atoms with Crippen LogP contribution in [-0.4, -0.2) is 47.2 Å². The molecule has 21 heavy (non-hydrogen) atoms. The van der Waals surface area contributed by atoms with Crippen LogP contribution in [-0.2, 0) is 4.74 Å². The van der Waals surface area contributed by atoms with Gasteiger partial charge >= 0.3 is 5.97 Å². The molecular weight excluding hydrogens is 270 g/mol. The Hall–Kier alpha value is -1.88. The first-order valence-corrected chi connectivity index (χ1v) is 7.41. The van der Waals surface area contributed by atoms with E-state index in [0.717, 1.165) is 25.9 Å². The number of hydrogen-bond donors (Lipinski definition) is 1. The third-order valence-electron chi connectivity index (χ3n) is 5.12. The molecule has 2 bridgehead atoms. The van der Waals surface area contributed by atoms with Crippen LogP contribution in [0.25, 0.3) is 0 Å². The van der Waals surface area contributed by atoms with Crippen LogP contribution in [0.15, 0.2) is 24.3 Å². The Bertz CT molecular complexity index is 579. The van der Waals surface area contributed by atoms with Crippen LogP contribution < -0.4 is 0 Å². The zero-order valence-electron chi connectivity index (χ0n) is 11.6. The number of aromatic carboxylic acids is 1. The molecule has 1 aromatic rings. The van der Waals surface area contributed by atoms with E-state index in [-0.39, 0.29) is 11.5 Å². The molecule has 5 heteroatoms. The van der Waals surface area contributed by atoms with Gasteiger partial charge in [0, 0.05) is 30.5 Å². The van der Waals surface area contributed by atoms with Gasteiger partial charge in [0.25, 0.3) is 5.91 Å². The van der Waals surface area contributed by atoms with Gasteiger partial charge in [0.2, 0.25) is 0 Å². The minimum absolute atomic E-state index is 0.000684. The van der Waals surface area contributed by atoms with Crippen LogP contribution in [0.5, 0.6) is 0 Å². The quantitative estimate of drug-likeness (QED) is 0.898. The molecule has 3 heterocycles. The van der Waals surface area contributed by atoms with Crippen molar-refractivity contribution >= 4 is 11.9 Å². The number of carbonyl (C=O) groups excluding carboxylic acids is 1. The molecule has 1 amide bonds. The van der Waals surface area contributed by atoms with Gasteiger partial charge in [-0.05, 0) is 37.1 Å². The van der Waals surface area contributed by atoms with Gasteiger partial charge in [-0.2, -0.15) is 0 Å². The van der Waals surface area contributed by atoms with Gasteiger partial charge in [0.05, 0.1) is 17.8 Å². The smallest absolute Gasteiger partial charge is 0.335 e. The maximum atomic E-state index is 12.5. The lowest BCUT2D eigenvalue weighted by atomic mass is 9.82. The molecule has 1 N–H and O–H groups in total. The average Bonchev–Trinajstić information content (AvgIpc) is 3.18. The third kappa shape index (κ3) is 1.95. The van der Waals surface area contributed by atoms with E-state index in [1.54, 1.807) is 12.1 Å². The van der Waals surface area contributed by atoms with Gasteiger partial charge in [-0.3, -0.25) is 4.79 Å². The van der Waals surface area contributed by atoms with Gasteiger partial charge in [0.1, 0.15) is 0 Å². The van der Waals surface area contributed by atoms with Crippen molar-refractivity contribution in [3.63, 3.8) is 0 Å². The van der Waals surface area contributed by atoms with Crippen molar-refractivity contribution < 1.29 is 19.4 Å². The molecule has 3 aliphatic heterocycles. The monoisotopic (exact) mass is 287 g/mol. The number of hydrogen-bond acceptors (Lipinski definition) is 3. The number of nitrogens with zero attached hydrogens (tertiary/aromatic N) is 1. The zero-order chi connectivity index (χ0) is 14.6. The molecule has 0 radical (unpaired) electrons. The van der Waals surface area contributed by atoms with Gasteiger partial charge in [-0.25, -0.2) is 4.79 Å². The van der Waals surface area contributed by atoms with Crippen molar-refractivity contribution in [1.82, 2.24) is 4.90 Å². The van der Waals surface area contributed by atoms with Crippen LogP contribution in [0.4, 0.5) is 0 Å². The van der Waals surface area contributed by atoms with E-state index in [1.807, 2.05) is 4.90 Å². The van der Waals surface area contributed by atoms with Crippen LogP contribution in [0.1, 0.15) is 33.6 Å². The van der Waals surface area contributed by atoms with Crippen molar-refractivity contribution in [1.29, 1.82) is 0 Å². The zero-order valence-corrected chi connectivity index (χ0v) is 11.6. The number of carbonyl (C=O) groups is 2. The van der Waals surface area contributed by atoms with E-state index < -0.39 is 5.97 Å². The molecule has 0 spiro atoms. The standard InChI is InChI=1S/C16H17NO4/c18-15(9-1-3-10(4-2-9)16(19)20)17-7-11-12(8-17)14-6-5-13(11)21-14/h1-4,11-14H,5-8H2,(H,19,20). The Balaban J connectivity index is 1.50. The number of benzene rings is 1. The molecule has 110 valence electrons. The summed E-state index contributed by atoms with van der Waals surface area (Å²) in [6.07, 6.45) is 2.93. The molecule has 4 rings (SSSR count). The van der Waals surface area contributed by atoms with Crippen LogP contribution >= 0.6 is 0 Å². The second-order valence-corrected chi connectivity index (χ2v) is 6.21. The van der Waals surface area contributed by atoms with E-state index in [4.69, 9.17) is 9.84 Å². The normalized spacial score (nSPS) is 33.2. The van der Waals surface area contributed by atoms with Crippen molar-refractivity contribution in [2.75, 3.05) is 13.1 Å². The predicted octanol–water partition coefficient (Wildman–Crippen LogP) is 1.63. The van der Waals surface area contributed by atoms with E-state index in [0.29, 0.717) is 29.6 Å². The van der Waals surface area contributed by atoms with E-state index in [1.165, 1.54) is 12.1 Å². The molecule has 0 saturated carbocycles. The van der Waals surface area contributed by atoms with Crippen molar-refractivity contribution in [3.8, 4) is 0 Å². The molecule has 0 aromatic heterocycles. The molecule has 0 aliphatic carbocycles. The minimum atomic E-state index is -0.974. The topological polar surface area (TPSA) is 66.8 Å². The second-order valence-electron chi connectivity index (χ2n) is 6.21. The first-order chi connectivity index (χ1) is 10.1. The SMILES string of the molecule is O=C(O)c1ccc(C(=O)N2CC3C4CCC(O4)C3C2)cc1. The Morgan fingerprint density at radius 2 is 1.52 bits per heavy atom. The summed E-state index contributed by atoms with van der Waals surface area (Å²) < 4.78 is 5.91. The number of carboxylic acids is 1. The molecule has 3 saturated heterocycles. The highest BCUT2D eigenvalue weighted by molar-refractivity contribution is 5.96. The van der Waals surface area contributed by atoms with Gasteiger partial charge in [0.15, 0.2) is 0 Å². The summed E-state index contributed by atoms with van der Waals surface area (Å²) in [5, 5.41) is 8.89. The summed E-state index contributed by atoms with van der Waals surface area (Å²) in [5.41, 5.74) is 0.768. The first-order valence-electron chi connectivity index (χ1n) is 7.41. The molecule has 4 unspecified atom stereocenters. The molecule has 3 aliphatic rings. The van der Waals surface area contributed by atoms with Crippen molar-refractivity contribution in [2.24, 2.45) is 11.8 Å². The summed E-state index contributed by atoms with van der Waals surface area (Å²) in [7, 11) is 0. The maximum Gasteiger partial charge on any atom is 0.335 e. The summed E-state index contributed by atoms with van der Waals surface area (Å²) in [6.45, 7) is 1.54. The summed E-state index contributed by atoms with van der Waals surface area (Å²) in [4.78, 5) is 25.3. The molecule has 5 nitrogen and oxygen atoms in total. The summed E-state index contributed by atoms with van der Waals surface area (Å²) in [5.74, 6) is 0.0103. The highest BCUT2D eigenvalue weighted by Gasteiger charge is 2.53. The first kappa shape index (κ1) is 12.8. The number of likely N-dealkylation sites (tertiary alicyclic amines) is 1. The fourth-order valence-electron chi connectivity index (χ4n) is 4.06. The van der Waals surface area contributed by atoms with E-state index in [2.05, 4.69) is 0 Å². The largest absolute Gasteiger partial charge is 0.478 e.